The second kappa shape index (κ2) is 10.3. The van der Waals surface area contributed by atoms with E-state index in [9.17, 15) is 0 Å². The van der Waals surface area contributed by atoms with Crippen LogP contribution in [0.1, 0.15) is 5.56 Å². The fourth-order valence-electron chi connectivity index (χ4n) is 4.29. The van der Waals surface area contributed by atoms with Crippen LogP contribution in [-0.2, 0) is 21.8 Å². The van der Waals surface area contributed by atoms with Crippen molar-refractivity contribution < 1.29 is 14.2 Å². The molecule has 11 heteroatoms. The van der Waals surface area contributed by atoms with E-state index in [1.165, 1.54) is 6.33 Å². The maximum absolute atomic E-state index is 9.02. The van der Waals surface area contributed by atoms with Crippen molar-refractivity contribution in [1.29, 1.82) is 5.26 Å². The topological polar surface area (TPSA) is 88.7 Å². The van der Waals surface area contributed by atoms with Gasteiger partial charge >= 0.3 is 0 Å². The predicted octanol–water partition coefficient (Wildman–Crippen LogP) is 3.54. The zero-order valence-electron chi connectivity index (χ0n) is 18.9. The summed E-state index contributed by atoms with van der Waals surface area (Å²) in [5.74, 6) is -0.398. The molecule has 0 radical (unpaired) electrons. The fraction of sp³-hybridized carbons (Fsp3) is 0.375. The quantitative estimate of drug-likeness (QED) is 0.442. The molecular weight excluding hydrogens is 491 g/mol. The van der Waals surface area contributed by atoms with Crippen molar-refractivity contribution in [2.75, 3.05) is 44.3 Å². The monoisotopic (exact) mass is 514 g/mol. The molecule has 0 unspecified atom stereocenters. The third-order valence-corrected chi connectivity index (χ3v) is 6.64. The van der Waals surface area contributed by atoms with Crippen LogP contribution in [0.2, 0.25) is 10.0 Å². The van der Waals surface area contributed by atoms with Crippen LogP contribution in [0.5, 0.6) is 5.75 Å². The van der Waals surface area contributed by atoms with Crippen molar-refractivity contribution >= 4 is 28.9 Å². The van der Waals surface area contributed by atoms with E-state index in [-0.39, 0.29) is 12.6 Å². The summed E-state index contributed by atoms with van der Waals surface area (Å²) in [7, 11) is 0. The number of nitriles is 1. The van der Waals surface area contributed by atoms with Crippen molar-refractivity contribution in [1.82, 2.24) is 19.7 Å². The lowest BCUT2D eigenvalue weighted by atomic mass is 10.1. The molecular formula is C24H24Cl2N6O3. The van der Waals surface area contributed by atoms with E-state index in [0.717, 1.165) is 37.6 Å². The number of piperazine rings is 1. The van der Waals surface area contributed by atoms with E-state index in [1.807, 2.05) is 24.3 Å². The molecule has 2 fully saturated rings. The molecule has 35 heavy (non-hydrogen) atoms. The fourth-order valence-corrected chi connectivity index (χ4v) is 4.84. The third kappa shape index (κ3) is 5.31. The number of hydrogen-bond acceptors (Lipinski definition) is 8. The smallest absolute Gasteiger partial charge is 0.217 e. The van der Waals surface area contributed by atoms with E-state index in [0.29, 0.717) is 28.8 Å². The van der Waals surface area contributed by atoms with Crippen LogP contribution in [0.4, 0.5) is 5.69 Å². The number of nitrogens with zero attached hydrogens (tertiary/aromatic N) is 6. The zero-order chi connectivity index (χ0) is 24.3. The SMILES string of the molecule is N#CN1CCN(c2ccc(OC[C@@H]3CO[C@@](Cn4cncn4)(c4ccc(Cl)cc4Cl)O3)cc2)CC1. The van der Waals surface area contributed by atoms with Gasteiger partial charge in [-0.2, -0.15) is 10.4 Å². The Balaban J connectivity index is 1.23. The minimum atomic E-state index is -1.14. The Hall–Kier alpha value is -3.03. The van der Waals surface area contributed by atoms with Crippen LogP contribution in [0.15, 0.2) is 55.1 Å². The number of anilines is 1. The lowest BCUT2D eigenvalue weighted by Gasteiger charge is -2.33. The van der Waals surface area contributed by atoms with Gasteiger partial charge in [-0.3, -0.25) is 0 Å². The standard InChI is InChI=1S/C24H24Cl2N6O3/c25-18-1-6-22(23(26)11-18)24(14-32-17-28-16-29-32)34-13-21(35-24)12-33-20-4-2-19(3-5-20)31-9-7-30(15-27)8-10-31/h1-6,11,16-17,21H,7-10,12-14H2/t21-,24-/m1/s1. The Morgan fingerprint density at radius 1 is 1.11 bits per heavy atom. The lowest BCUT2D eigenvalue weighted by molar-refractivity contribution is -0.190. The van der Waals surface area contributed by atoms with E-state index in [2.05, 4.69) is 21.2 Å². The molecule has 2 aliphatic rings. The summed E-state index contributed by atoms with van der Waals surface area (Å²) in [6.45, 7) is 4.03. The number of hydrogen-bond donors (Lipinski definition) is 0. The van der Waals surface area contributed by atoms with E-state index in [4.69, 9.17) is 42.7 Å². The molecule has 0 saturated carbocycles. The first kappa shape index (κ1) is 23.7. The van der Waals surface area contributed by atoms with Crippen molar-refractivity contribution in [3.63, 3.8) is 0 Å². The van der Waals surface area contributed by atoms with Crippen LogP contribution >= 0.6 is 23.2 Å². The molecule has 0 bridgehead atoms. The molecule has 5 rings (SSSR count). The summed E-state index contributed by atoms with van der Waals surface area (Å²) in [4.78, 5) is 8.05. The second-order valence-electron chi connectivity index (χ2n) is 8.40. The van der Waals surface area contributed by atoms with Crippen molar-refractivity contribution in [3.8, 4) is 11.9 Å². The van der Waals surface area contributed by atoms with Gasteiger partial charge < -0.3 is 24.0 Å². The number of ether oxygens (including phenoxy) is 3. The molecule has 2 atom stereocenters. The Bertz CT molecular complexity index is 1180. The molecule has 182 valence electrons. The Kier molecular flexibility index (Phi) is 6.97. The van der Waals surface area contributed by atoms with Gasteiger partial charge in [0.25, 0.3) is 0 Å². The number of benzene rings is 2. The highest BCUT2D eigenvalue weighted by Gasteiger charge is 2.45. The van der Waals surface area contributed by atoms with Gasteiger partial charge in [-0.1, -0.05) is 29.3 Å². The largest absolute Gasteiger partial charge is 0.491 e. The second-order valence-corrected chi connectivity index (χ2v) is 9.24. The molecule has 3 aromatic rings. The molecule has 9 nitrogen and oxygen atoms in total. The molecule has 2 saturated heterocycles. The molecule has 0 aliphatic carbocycles. The average Bonchev–Trinajstić information content (AvgIpc) is 3.54. The first-order valence-electron chi connectivity index (χ1n) is 11.3. The molecule has 2 aromatic carbocycles. The van der Waals surface area contributed by atoms with E-state index >= 15 is 0 Å². The highest BCUT2D eigenvalue weighted by atomic mass is 35.5. The minimum Gasteiger partial charge on any atom is -0.491 e. The van der Waals surface area contributed by atoms with E-state index < -0.39 is 5.79 Å². The minimum absolute atomic E-state index is 0.276. The predicted molar refractivity (Wildman–Crippen MR) is 130 cm³/mol. The Morgan fingerprint density at radius 2 is 1.91 bits per heavy atom. The van der Waals surface area contributed by atoms with Gasteiger partial charge in [0.1, 0.15) is 37.7 Å². The molecule has 0 spiro atoms. The third-order valence-electron chi connectivity index (χ3n) is 6.10. The molecule has 1 aromatic heterocycles. The van der Waals surface area contributed by atoms with Gasteiger partial charge in [-0.05, 0) is 36.4 Å². The Morgan fingerprint density at radius 3 is 2.60 bits per heavy atom. The maximum Gasteiger partial charge on any atom is 0.217 e. The highest BCUT2D eigenvalue weighted by Crippen LogP contribution is 2.40. The molecule has 0 N–H and O–H groups in total. The van der Waals surface area contributed by atoms with Gasteiger partial charge in [-0.25, -0.2) is 9.67 Å². The van der Waals surface area contributed by atoms with Gasteiger partial charge in [0.15, 0.2) is 6.19 Å². The highest BCUT2D eigenvalue weighted by molar-refractivity contribution is 6.35. The maximum atomic E-state index is 9.02. The van der Waals surface area contributed by atoms with Crippen molar-refractivity contribution in [3.05, 3.63) is 70.7 Å². The first-order valence-corrected chi connectivity index (χ1v) is 12.0. The number of halogens is 2. The average molecular weight is 515 g/mol. The molecule has 2 aliphatic heterocycles. The summed E-state index contributed by atoms with van der Waals surface area (Å²) in [5.41, 5.74) is 1.78. The summed E-state index contributed by atoms with van der Waals surface area (Å²) in [6, 6.07) is 13.2. The summed E-state index contributed by atoms with van der Waals surface area (Å²) >= 11 is 12.6. The first-order chi connectivity index (χ1) is 17.0. The van der Waals surface area contributed by atoms with Crippen LogP contribution < -0.4 is 9.64 Å². The van der Waals surface area contributed by atoms with Gasteiger partial charge in [0, 0.05) is 42.5 Å². The normalized spacial score (nSPS) is 22.3. The number of rotatable bonds is 7. The van der Waals surface area contributed by atoms with Gasteiger partial charge in [0.05, 0.1) is 11.6 Å². The zero-order valence-corrected chi connectivity index (χ0v) is 20.4. The van der Waals surface area contributed by atoms with Gasteiger partial charge in [0.2, 0.25) is 5.79 Å². The summed E-state index contributed by atoms with van der Waals surface area (Å²) in [5, 5.41) is 14.2. The lowest BCUT2D eigenvalue weighted by Crippen LogP contribution is -2.44. The van der Waals surface area contributed by atoms with Crippen LogP contribution in [0.25, 0.3) is 0 Å². The number of aromatic nitrogens is 3. The molecule has 0 amide bonds. The van der Waals surface area contributed by atoms with Crippen LogP contribution in [0, 0.1) is 11.5 Å². The van der Waals surface area contributed by atoms with Crippen LogP contribution in [-0.4, -0.2) is 65.2 Å². The summed E-state index contributed by atoms with van der Waals surface area (Å²) < 4.78 is 20.2. The van der Waals surface area contributed by atoms with Crippen molar-refractivity contribution in [2.24, 2.45) is 0 Å². The van der Waals surface area contributed by atoms with E-state index in [1.54, 1.807) is 34.1 Å². The van der Waals surface area contributed by atoms with Gasteiger partial charge in [-0.15, -0.1) is 0 Å². The van der Waals surface area contributed by atoms with Crippen molar-refractivity contribution in [2.45, 2.75) is 18.4 Å². The van der Waals surface area contributed by atoms with Crippen LogP contribution in [0.3, 0.4) is 0 Å². The molecule has 3 heterocycles. The Labute approximate surface area is 213 Å². The summed E-state index contributed by atoms with van der Waals surface area (Å²) in [6.07, 6.45) is 4.95.